The highest BCUT2D eigenvalue weighted by atomic mass is 32.3. The summed E-state index contributed by atoms with van der Waals surface area (Å²) >= 11 is 0. The monoisotopic (exact) mass is 844 g/mol. The van der Waals surface area contributed by atoms with Gasteiger partial charge in [0, 0.05) is 79.5 Å². The SMILES string of the molecule is CC.CCS(C)(OCCOc1cc(-c2nc(Nc3ccc(/C(=C/NCOCCS(C)(C)C)C(=N)F)c(F)c3)n(C)n2)cnc1N1CC2(C1)CC(F)(F)C2)C(C)(C)C.[HH]. The molecule has 3 aromatic rings. The number of halogens is 4. The fourth-order valence-corrected chi connectivity index (χ4v) is 8.99. The maximum atomic E-state index is 15.3. The molecule has 1 aromatic carbocycles. The molecule has 57 heavy (non-hydrogen) atoms. The molecule has 1 atom stereocenters. The van der Waals surface area contributed by atoms with Crippen LogP contribution >= 0.6 is 20.3 Å². The Morgan fingerprint density at radius 2 is 1.75 bits per heavy atom. The van der Waals surface area contributed by atoms with Crippen LogP contribution in [0.25, 0.3) is 17.0 Å². The first kappa shape index (κ1) is 46.2. The maximum absolute atomic E-state index is 15.3. The first-order valence-corrected chi connectivity index (χ1v) is 24.4. The molecule has 2 fully saturated rings. The first-order valence-electron chi connectivity index (χ1n) is 19.2. The van der Waals surface area contributed by atoms with Gasteiger partial charge in [0.25, 0.3) is 0 Å². The lowest BCUT2D eigenvalue weighted by Crippen LogP contribution is -2.66. The Hall–Kier alpha value is -3.54. The van der Waals surface area contributed by atoms with Gasteiger partial charge < -0.3 is 29.2 Å². The highest BCUT2D eigenvalue weighted by Crippen LogP contribution is 2.58. The number of aromatic nitrogens is 4. The van der Waals surface area contributed by atoms with Gasteiger partial charge in [0.2, 0.25) is 17.8 Å². The zero-order chi connectivity index (χ0) is 42.4. The largest absolute Gasteiger partial charge is 0.487 e. The van der Waals surface area contributed by atoms with E-state index in [0.29, 0.717) is 60.9 Å². The van der Waals surface area contributed by atoms with Crippen LogP contribution in [0.1, 0.15) is 61.4 Å². The van der Waals surface area contributed by atoms with Crippen molar-refractivity contribution >= 4 is 49.3 Å². The summed E-state index contributed by atoms with van der Waals surface area (Å²) < 4.78 is 76.8. The fourth-order valence-electron chi connectivity index (χ4n) is 6.55. The van der Waals surface area contributed by atoms with E-state index in [0.717, 1.165) is 11.5 Å². The lowest BCUT2D eigenvalue weighted by molar-refractivity contribution is -0.170. The molecular weight excluding hydrogens is 781 g/mol. The van der Waals surface area contributed by atoms with Crippen molar-refractivity contribution in [1.29, 1.82) is 5.41 Å². The molecule has 0 amide bonds. The molecule has 11 nitrogen and oxygen atoms in total. The summed E-state index contributed by atoms with van der Waals surface area (Å²) in [5.41, 5.74) is 0.154. The van der Waals surface area contributed by atoms with Gasteiger partial charge in [-0.2, -0.15) is 9.37 Å². The standard InChI is InChI=1S/C38H56F4N8O3S2.C2H6.H2/c1-10-55(9,36(2,3)4)53-14-13-52-31-17-26(19-45-34(31)50-23-37(24-50)21-38(41,42)22-37)33-47-35(49(5)48-33)46-27-11-12-28(30(39)18-27)29(32(40)43)20-44-25-51-15-16-54(6,7)8;1-2;/h11-12,17-20,43-44H,10,13-16,21-25H2,1-9H3,(H,46,47,48);1-2H3;1H/b29-20-,43-32?;;. The summed E-state index contributed by atoms with van der Waals surface area (Å²) in [6.45, 7) is 14.9. The van der Waals surface area contributed by atoms with E-state index in [9.17, 15) is 13.2 Å². The third-order valence-electron chi connectivity index (χ3n) is 10.0. The van der Waals surface area contributed by atoms with E-state index < -0.39 is 43.5 Å². The predicted octanol–water partition coefficient (Wildman–Crippen LogP) is 9.38. The molecule has 2 aliphatic rings. The molecule has 3 N–H and O–H groups in total. The highest BCUT2D eigenvalue weighted by molar-refractivity contribution is 8.32. The van der Waals surface area contributed by atoms with Gasteiger partial charge in [-0.3, -0.25) is 5.41 Å². The number of alkyl halides is 2. The highest BCUT2D eigenvalue weighted by Gasteiger charge is 2.62. The minimum absolute atomic E-state index is 0. The van der Waals surface area contributed by atoms with Crippen LogP contribution in [0, 0.1) is 16.6 Å². The molecule has 1 saturated carbocycles. The Kier molecular flexibility index (Phi) is 15.0. The van der Waals surface area contributed by atoms with Gasteiger partial charge in [-0.15, -0.1) is 15.4 Å². The van der Waals surface area contributed by atoms with Crippen molar-refractivity contribution in [2.24, 2.45) is 12.5 Å². The molecule has 1 saturated heterocycles. The quantitative estimate of drug-likeness (QED) is 0.0498. The summed E-state index contributed by atoms with van der Waals surface area (Å²) in [7, 11) is -0.393. The molecule has 3 heterocycles. The van der Waals surface area contributed by atoms with Gasteiger partial charge in [-0.05, 0) is 55.0 Å². The van der Waals surface area contributed by atoms with E-state index in [1.165, 1.54) is 23.0 Å². The zero-order valence-electron chi connectivity index (χ0n) is 35.3. The molecule has 1 spiro atoms. The number of hydrogen-bond donors (Lipinski definition) is 3. The predicted molar refractivity (Wildman–Crippen MR) is 232 cm³/mol. The van der Waals surface area contributed by atoms with Crippen molar-refractivity contribution in [1.82, 2.24) is 25.1 Å². The number of anilines is 3. The van der Waals surface area contributed by atoms with Gasteiger partial charge in [-0.1, -0.05) is 41.5 Å². The van der Waals surface area contributed by atoms with Crippen LogP contribution in [0.3, 0.4) is 0 Å². The van der Waals surface area contributed by atoms with Crippen LogP contribution in [-0.2, 0) is 16.0 Å². The van der Waals surface area contributed by atoms with Crippen LogP contribution < -0.4 is 20.3 Å². The summed E-state index contributed by atoms with van der Waals surface area (Å²) in [4.78, 5) is 11.3. The first-order chi connectivity index (χ1) is 26.6. The molecule has 1 unspecified atom stereocenters. The number of nitrogens with zero attached hydrogens (tertiary/aromatic N) is 5. The lowest BCUT2D eigenvalue weighted by Gasteiger charge is -2.59. The van der Waals surface area contributed by atoms with E-state index in [-0.39, 0.29) is 43.5 Å². The lowest BCUT2D eigenvalue weighted by atomic mass is 9.61. The van der Waals surface area contributed by atoms with Crippen LogP contribution in [0.5, 0.6) is 5.75 Å². The second kappa shape index (κ2) is 18.6. The molecule has 322 valence electrons. The molecule has 2 aromatic heterocycles. The number of ether oxygens (including phenoxy) is 2. The van der Waals surface area contributed by atoms with Gasteiger partial charge in [0.05, 0.1) is 18.8 Å². The fraction of sp³-hybridized carbons (Fsp3) is 0.600. The topological polar surface area (TPSA) is 122 Å². The van der Waals surface area contributed by atoms with Gasteiger partial charge in [0.15, 0.2) is 17.4 Å². The number of allylic oxidation sites excluding steroid dienone is 1. The number of aryl methyl sites for hydroxylation is 1. The summed E-state index contributed by atoms with van der Waals surface area (Å²) in [5.74, 6) is -1.16. The van der Waals surface area contributed by atoms with Crippen LogP contribution in [0.15, 0.2) is 36.7 Å². The van der Waals surface area contributed by atoms with E-state index in [1.54, 1.807) is 25.4 Å². The van der Waals surface area contributed by atoms with Gasteiger partial charge in [-0.25, -0.2) is 32.9 Å². The van der Waals surface area contributed by atoms with Gasteiger partial charge >= 0.3 is 0 Å². The second-order valence-corrected chi connectivity index (χ2v) is 25.0. The Balaban J connectivity index is 0.00000295. The Bertz CT molecular complexity index is 1870. The number of rotatable bonds is 18. The average Bonchev–Trinajstić information content (AvgIpc) is 3.47. The van der Waals surface area contributed by atoms with Crippen LogP contribution in [0.2, 0.25) is 0 Å². The Labute approximate surface area is 340 Å². The molecule has 1 aliphatic heterocycles. The molecule has 1 aliphatic carbocycles. The third-order valence-corrected chi connectivity index (χ3v) is 15.8. The maximum Gasteiger partial charge on any atom is 0.249 e. The molecule has 5 rings (SSSR count). The second-order valence-electron chi connectivity index (χ2n) is 16.3. The van der Waals surface area contributed by atoms with Crippen molar-refractivity contribution in [2.75, 3.05) is 86.4 Å². The molecule has 0 bridgehead atoms. The van der Waals surface area contributed by atoms with E-state index >= 15 is 4.39 Å². The normalized spacial score (nSPS) is 18.0. The van der Waals surface area contributed by atoms with Crippen LogP contribution in [-0.4, -0.2) is 113 Å². The zero-order valence-corrected chi connectivity index (χ0v) is 37.0. The van der Waals surface area contributed by atoms with Crippen molar-refractivity contribution in [3.05, 3.63) is 48.0 Å². The third kappa shape index (κ3) is 11.8. The van der Waals surface area contributed by atoms with E-state index in [1.807, 2.05) is 18.7 Å². The Morgan fingerprint density at radius 1 is 1.07 bits per heavy atom. The Morgan fingerprint density at radius 3 is 2.33 bits per heavy atom. The van der Waals surface area contributed by atoms with Crippen molar-refractivity contribution < 1.29 is 32.6 Å². The minimum Gasteiger partial charge on any atom is -0.487 e. The minimum atomic E-state index is -2.61. The van der Waals surface area contributed by atoms with Crippen LogP contribution in [0.4, 0.5) is 35.0 Å². The van der Waals surface area contributed by atoms with Crippen molar-refractivity contribution in [3.63, 3.8) is 0 Å². The number of nitrogens with one attached hydrogen (secondary N) is 3. The molecule has 0 radical (unpaired) electrons. The van der Waals surface area contributed by atoms with Crippen molar-refractivity contribution in [3.8, 4) is 17.1 Å². The number of benzene rings is 1. The van der Waals surface area contributed by atoms with Crippen molar-refractivity contribution in [2.45, 2.75) is 65.1 Å². The smallest absolute Gasteiger partial charge is 0.249 e. The summed E-state index contributed by atoms with van der Waals surface area (Å²) in [6, 6.07) is 5.92. The molecule has 17 heteroatoms. The summed E-state index contributed by atoms with van der Waals surface area (Å²) in [6.07, 6.45) is 11.3. The summed E-state index contributed by atoms with van der Waals surface area (Å²) in [5, 5.41) is 18.0. The number of hydrogen-bond acceptors (Lipinski definition) is 10. The average molecular weight is 845 g/mol. The van der Waals surface area contributed by atoms with E-state index in [4.69, 9.17) is 24.1 Å². The molecular formula is C40H64F4N8O3S2. The van der Waals surface area contributed by atoms with Gasteiger partial charge in [0.1, 0.15) is 19.2 Å². The van der Waals surface area contributed by atoms with E-state index in [2.05, 4.69) is 73.4 Å². The number of pyridine rings is 1.